The van der Waals surface area contributed by atoms with Gasteiger partial charge in [-0.1, -0.05) is 12.1 Å². The van der Waals surface area contributed by atoms with E-state index in [4.69, 9.17) is 10.3 Å². The molecular formula is C10H9NO7S2. The van der Waals surface area contributed by atoms with Crippen LogP contribution in [-0.2, 0) is 20.2 Å². The Morgan fingerprint density at radius 2 is 1.50 bits per heavy atom. The van der Waals surface area contributed by atoms with Crippen LogP contribution in [0.1, 0.15) is 0 Å². The summed E-state index contributed by atoms with van der Waals surface area (Å²) in [6, 6.07) is 5.00. The van der Waals surface area contributed by atoms with Gasteiger partial charge in [-0.2, -0.15) is 16.8 Å². The van der Waals surface area contributed by atoms with E-state index < -0.39 is 35.8 Å². The molecule has 0 aliphatic carbocycles. The molecule has 0 heterocycles. The van der Waals surface area contributed by atoms with Gasteiger partial charge in [0.25, 0.3) is 20.2 Å². The molecule has 0 radical (unpaired) electrons. The third kappa shape index (κ3) is 2.29. The van der Waals surface area contributed by atoms with E-state index in [-0.39, 0.29) is 16.5 Å². The van der Waals surface area contributed by atoms with Gasteiger partial charge in [-0.3, -0.25) is 9.11 Å². The molecule has 8 nitrogen and oxygen atoms in total. The zero-order valence-corrected chi connectivity index (χ0v) is 11.3. The van der Waals surface area contributed by atoms with Crippen molar-refractivity contribution in [2.45, 2.75) is 9.79 Å². The Balaban J connectivity index is 3.25. The fourth-order valence-corrected chi connectivity index (χ4v) is 4.03. The quantitative estimate of drug-likeness (QED) is 0.463. The van der Waals surface area contributed by atoms with Crippen molar-refractivity contribution in [1.82, 2.24) is 0 Å². The van der Waals surface area contributed by atoms with Crippen molar-refractivity contribution in [3.05, 3.63) is 24.3 Å². The zero-order chi connectivity index (χ0) is 15.3. The summed E-state index contributed by atoms with van der Waals surface area (Å²) in [4.78, 5) is -2.47. The van der Waals surface area contributed by atoms with Crippen LogP contribution in [-0.4, -0.2) is 31.0 Å². The van der Waals surface area contributed by atoms with E-state index in [0.717, 1.165) is 6.07 Å². The van der Waals surface area contributed by atoms with Gasteiger partial charge in [0.2, 0.25) is 0 Å². The fraction of sp³-hybridized carbons (Fsp3) is 0. The van der Waals surface area contributed by atoms with Gasteiger partial charge in [0, 0.05) is 11.1 Å². The van der Waals surface area contributed by atoms with Crippen LogP contribution in [0.2, 0.25) is 0 Å². The number of nitrogens with two attached hydrogens (primary N) is 1. The van der Waals surface area contributed by atoms with E-state index in [1.165, 1.54) is 18.2 Å². The minimum atomic E-state index is -5.10. The topological polar surface area (TPSA) is 155 Å². The van der Waals surface area contributed by atoms with Gasteiger partial charge >= 0.3 is 0 Å². The second-order valence-corrected chi connectivity index (χ2v) is 6.67. The SMILES string of the molecule is Nc1cccc2cc(O)c(S(=O)(=O)O)c(S(=O)(=O)O)c12. The Hall–Kier alpha value is -1.88. The Labute approximate surface area is 114 Å². The van der Waals surface area contributed by atoms with Crippen molar-refractivity contribution in [3.8, 4) is 5.75 Å². The molecular weight excluding hydrogens is 310 g/mol. The van der Waals surface area contributed by atoms with Crippen LogP contribution in [0.4, 0.5) is 5.69 Å². The van der Waals surface area contributed by atoms with Crippen LogP contribution in [0, 0.1) is 0 Å². The van der Waals surface area contributed by atoms with Crippen LogP contribution in [0.5, 0.6) is 5.75 Å². The molecule has 0 aliphatic rings. The Morgan fingerprint density at radius 1 is 0.950 bits per heavy atom. The first kappa shape index (κ1) is 14.5. The minimum Gasteiger partial charge on any atom is -0.506 e. The average Bonchev–Trinajstić information content (AvgIpc) is 2.24. The molecule has 0 saturated carbocycles. The highest BCUT2D eigenvalue weighted by atomic mass is 32.2. The summed E-state index contributed by atoms with van der Waals surface area (Å²) in [7, 11) is -10.2. The van der Waals surface area contributed by atoms with Crippen LogP contribution < -0.4 is 5.73 Å². The van der Waals surface area contributed by atoms with Gasteiger partial charge in [-0.25, -0.2) is 0 Å². The van der Waals surface area contributed by atoms with Crippen LogP contribution in [0.15, 0.2) is 34.1 Å². The number of rotatable bonds is 2. The molecule has 2 aromatic rings. The van der Waals surface area contributed by atoms with E-state index in [2.05, 4.69) is 0 Å². The molecule has 0 unspecified atom stereocenters. The number of anilines is 1. The summed E-state index contributed by atoms with van der Waals surface area (Å²) >= 11 is 0. The van der Waals surface area contributed by atoms with Gasteiger partial charge in [-0.05, 0) is 17.5 Å². The summed E-state index contributed by atoms with van der Waals surface area (Å²) in [6.07, 6.45) is 0. The second-order valence-electron chi connectivity index (χ2n) is 3.95. The molecule has 0 atom stereocenters. The maximum absolute atomic E-state index is 11.4. The molecule has 0 fully saturated rings. The Bertz CT molecular complexity index is 916. The number of benzene rings is 2. The number of nitrogen functional groups attached to an aromatic ring is 1. The van der Waals surface area contributed by atoms with E-state index >= 15 is 0 Å². The van der Waals surface area contributed by atoms with Crippen molar-refractivity contribution < 1.29 is 31.0 Å². The summed E-state index contributed by atoms with van der Waals surface area (Å²) < 4.78 is 63.6. The summed E-state index contributed by atoms with van der Waals surface area (Å²) in [6.45, 7) is 0. The maximum Gasteiger partial charge on any atom is 0.299 e. The summed E-state index contributed by atoms with van der Waals surface area (Å²) in [5.41, 5.74) is 5.44. The van der Waals surface area contributed by atoms with Gasteiger partial charge in [0.15, 0.2) is 4.90 Å². The standard InChI is InChI=1S/C10H9NO7S2/c11-6-3-1-2-5-4-7(12)9(19(13,14)15)10(8(5)6)20(16,17)18/h1-4,12H,11H2,(H,13,14,15)(H,16,17,18). The molecule has 5 N–H and O–H groups in total. The molecule has 20 heavy (non-hydrogen) atoms. The monoisotopic (exact) mass is 319 g/mol. The number of hydrogen-bond donors (Lipinski definition) is 4. The molecule has 10 heteroatoms. The summed E-state index contributed by atoms with van der Waals surface area (Å²) in [5, 5.41) is 9.40. The van der Waals surface area contributed by atoms with Crippen molar-refractivity contribution >= 4 is 36.7 Å². The number of hydrogen-bond acceptors (Lipinski definition) is 6. The number of phenolic OH excluding ortho intramolecular Hbond substituents is 1. The molecule has 2 aromatic carbocycles. The van der Waals surface area contributed by atoms with Gasteiger partial charge in [-0.15, -0.1) is 0 Å². The van der Waals surface area contributed by atoms with Crippen molar-refractivity contribution in [3.63, 3.8) is 0 Å². The van der Waals surface area contributed by atoms with Crippen LogP contribution in [0.3, 0.4) is 0 Å². The first-order valence-corrected chi connectivity index (χ1v) is 7.90. The fourth-order valence-electron chi connectivity index (χ4n) is 1.91. The molecule has 108 valence electrons. The lowest BCUT2D eigenvalue weighted by Gasteiger charge is -2.12. The number of fused-ring (bicyclic) bond motifs is 1. The predicted molar refractivity (Wildman–Crippen MR) is 69.7 cm³/mol. The molecule has 0 spiro atoms. The van der Waals surface area contributed by atoms with E-state index in [1.807, 2.05) is 0 Å². The smallest absolute Gasteiger partial charge is 0.299 e. The number of phenols is 1. The van der Waals surface area contributed by atoms with Gasteiger partial charge in [0.05, 0.1) is 0 Å². The van der Waals surface area contributed by atoms with Crippen molar-refractivity contribution in [2.75, 3.05) is 5.73 Å². The number of aromatic hydroxyl groups is 1. The minimum absolute atomic E-state index is 0.0857. The molecule has 0 aromatic heterocycles. The average molecular weight is 319 g/mol. The van der Waals surface area contributed by atoms with Gasteiger partial charge in [0.1, 0.15) is 10.6 Å². The maximum atomic E-state index is 11.4. The second kappa shape index (κ2) is 4.31. The van der Waals surface area contributed by atoms with E-state index in [9.17, 15) is 26.5 Å². The normalized spacial score (nSPS) is 12.7. The van der Waals surface area contributed by atoms with Crippen LogP contribution in [0.25, 0.3) is 10.8 Å². The molecule has 2 rings (SSSR count). The zero-order valence-electron chi connectivity index (χ0n) is 9.68. The molecule has 0 bridgehead atoms. The predicted octanol–water partition coefficient (Wildman–Crippen LogP) is 0.621. The molecule has 0 saturated heterocycles. The first-order valence-electron chi connectivity index (χ1n) is 5.02. The van der Waals surface area contributed by atoms with Crippen LogP contribution >= 0.6 is 0 Å². The largest absolute Gasteiger partial charge is 0.506 e. The lowest BCUT2D eigenvalue weighted by atomic mass is 10.1. The van der Waals surface area contributed by atoms with E-state index in [0.29, 0.717) is 0 Å². The lowest BCUT2D eigenvalue weighted by Crippen LogP contribution is -2.10. The van der Waals surface area contributed by atoms with Crippen molar-refractivity contribution in [2.24, 2.45) is 0 Å². The van der Waals surface area contributed by atoms with Gasteiger partial charge < -0.3 is 10.8 Å². The third-order valence-corrected chi connectivity index (χ3v) is 4.59. The molecule has 0 aliphatic heterocycles. The van der Waals surface area contributed by atoms with Crippen molar-refractivity contribution in [1.29, 1.82) is 0 Å². The van der Waals surface area contributed by atoms with E-state index in [1.54, 1.807) is 0 Å². The highest BCUT2D eigenvalue weighted by Crippen LogP contribution is 2.39. The Morgan fingerprint density at radius 3 is 2.00 bits per heavy atom. The highest BCUT2D eigenvalue weighted by molar-refractivity contribution is 7.89. The highest BCUT2D eigenvalue weighted by Gasteiger charge is 2.31. The summed E-state index contributed by atoms with van der Waals surface area (Å²) in [5.74, 6) is -1.02. The first-order chi connectivity index (χ1) is 9.03. The third-order valence-electron chi connectivity index (χ3n) is 2.60. The Kier molecular flexibility index (Phi) is 3.13. The molecule has 0 amide bonds. The lowest BCUT2D eigenvalue weighted by molar-refractivity contribution is 0.433.